The molecule has 4 aromatic rings. The maximum absolute atomic E-state index is 12.4. The zero-order valence-electron chi connectivity index (χ0n) is 17.9. The van der Waals surface area contributed by atoms with Gasteiger partial charge in [-0.05, 0) is 69.2 Å². The van der Waals surface area contributed by atoms with Crippen LogP contribution < -0.4 is 0 Å². The maximum atomic E-state index is 12.4. The fraction of sp³-hybridized carbons (Fsp3) is 0.200. The Bertz CT molecular complexity index is 1300. The zero-order valence-corrected chi connectivity index (χ0v) is 19.5. The summed E-state index contributed by atoms with van der Waals surface area (Å²) in [6.45, 7) is 8.26. The van der Waals surface area contributed by atoms with Crippen LogP contribution in [-0.2, 0) is 4.74 Å². The number of pyridine rings is 1. The summed E-state index contributed by atoms with van der Waals surface area (Å²) in [5, 5.41) is 1.79. The quantitative estimate of drug-likeness (QED) is 0.309. The van der Waals surface area contributed by atoms with Crippen molar-refractivity contribution in [2.24, 2.45) is 0 Å². The number of aryl methyl sites for hydroxylation is 1. The summed E-state index contributed by atoms with van der Waals surface area (Å²) in [7, 11) is 0. The van der Waals surface area contributed by atoms with Crippen molar-refractivity contribution in [1.82, 2.24) is 9.55 Å². The van der Waals surface area contributed by atoms with Crippen LogP contribution in [0.1, 0.15) is 34.1 Å². The molecule has 0 N–H and O–H groups in total. The van der Waals surface area contributed by atoms with Gasteiger partial charge >= 0.3 is 5.97 Å². The number of hydrogen-bond donors (Lipinski definition) is 0. The third-order valence-electron chi connectivity index (χ3n) is 5.22. The van der Waals surface area contributed by atoms with Crippen LogP contribution in [0.15, 0.2) is 64.6 Å². The number of carbonyl (C=O) groups excluding carboxylic acids is 1. The van der Waals surface area contributed by atoms with E-state index >= 15 is 0 Å². The molecule has 31 heavy (non-hydrogen) atoms. The minimum absolute atomic E-state index is 0.292. The second-order valence-electron chi connectivity index (χ2n) is 7.38. The molecule has 0 aliphatic rings. The number of ether oxygens (including phenoxy) is 1. The number of halogens is 1. The molecular formula is C25H23ClN2O2S. The van der Waals surface area contributed by atoms with E-state index in [1.54, 1.807) is 11.8 Å². The summed E-state index contributed by atoms with van der Waals surface area (Å²) >= 11 is 8.01. The standard InChI is InChI=1S/C25H23ClN2O2S/c1-5-30-25(29)20-7-6-8-23(16(20)3)31-24-17(4)28(19-11-15(2)13-27-14-19)22-12-18(26)9-10-21(22)24/h6-14H,5H2,1-4H3. The van der Waals surface area contributed by atoms with Crippen molar-refractivity contribution in [2.45, 2.75) is 37.5 Å². The monoisotopic (exact) mass is 450 g/mol. The lowest BCUT2D eigenvalue weighted by Crippen LogP contribution is -2.07. The van der Waals surface area contributed by atoms with Crippen LogP contribution in [-0.4, -0.2) is 22.1 Å². The van der Waals surface area contributed by atoms with Gasteiger partial charge in [-0.1, -0.05) is 35.5 Å². The lowest BCUT2D eigenvalue weighted by Gasteiger charge is -2.11. The van der Waals surface area contributed by atoms with Crippen molar-refractivity contribution in [2.75, 3.05) is 6.61 Å². The van der Waals surface area contributed by atoms with Gasteiger partial charge in [0.1, 0.15) is 0 Å². The predicted molar refractivity (Wildman–Crippen MR) is 127 cm³/mol. The molecular weight excluding hydrogens is 428 g/mol. The van der Waals surface area contributed by atoms with E-state index in [-0.39, 0.29) is 5.97 Å². The minimum atomic E-state index is -0.292. The predicted octanol–water partition coefficient (Wildman–Crippen LogP) is 6.93. The number of carbonyl (C=O) groups is 1. The second-order valence-corrected chi connectivity index (χ2v) is 8.87. The molecule has 4 nitrogen and oxygen atoms in total. The molecule has 0 saturated heterocycles. The van der Waals surface area contributed by atoms with Crippen LogP contribution in [0, 0.1) is 20.8 Å². The molecule has 0 bridgehead atoms. The number of aromatic nitrogens is 2. The summed E-state index contributed by atoms with van der Waals surface area (Å²) in [5.74, 6) is -0.292. The van der Waals surface area contributed by atoms with E-state index < -0.39 is 0 Å². The third-order valence-corrected chi connectivity index (χ3v) is 6.84. The number of esters is 1. The number of rotatable bonds is 5. The number of benzene rings is 2. The summed E-state index contributed by atoms with van der Waals surface area (Å²) < 4.78 is 7.41. The van der Waals surface area contributed by atoms with Crippen molar-refractivity contribution < 1.29 is 9.53 Å². The van der Waals surface area contributed by atoms with Gasteiger partial charge in [0, 0.05) is 32.1 Å². The van der Waals surface area contributed by atoms with Crippen LogP contribution in [0.25, 0.3) is 16.6 Å². The van der Waals surface area contributed by atoms with E-state index in [9.17, 15) is 4.79 Å². The highest BCUT2D eigenvalue weighted by atomic mass is 35.5. The first-order chi connectivity index (χ1) is 14.9. The van der Waals surface area contributed by atoms with Gasteiger partial charge in [-0.25, -0.2) is 4.79 Å². The van der Waals surface area contributed by atoms with Gasteiger partial charge in [0.25, 0.3) is 0 Å². The number of fused-ring (bicyclic) bond motifs is 1. The molecule has 0 spiro atoms. The van der Waals surface area contributed by atoms with E-state index in [1.165, 1.54) is 0 Å². The highest BCUT2D eigenvalue weighted by Gasteiger charge is 2.19. The second kappa shape index (κ2) is 8.77. The van der Waals surface area contributed by atoms with Crippen molar-refractivity contribution in [3.63, 3.8) is 0 Å². The summed E-state index contributed by atoms with van der Waals surface area (Å²) in [5.41, 5.74) is 5.72. The van der Waals surface area contributed by atoms with Crippen LogP contribution in [0.3, 0.4) is 0 Å². The van der Waals surface area contributed by atoms with Gasteiger partial charge < -0.3 is 9.30 Å². The summed E-state index contributed by atoms with van der Waals surface area (Å²) in [6, 6.07) is 13.8. The Hall–Kier alpha value is -2.76. The molecule has 0 radical (unpaired) electrons. The first-order valence-electron chi connectivity index (χ1n) is 10.1. The van der Waals surface area contributed by atoms with E-state index in [2.05, 4.69) is 28.6 Å². The number of hydrogen-bond acceptors (Lipinski definition) is 4. The molecule has 158 valence electrons. The molecule has 0 amide bonds. The Balaban J connectivity index is 1.88. The molecule has 2 heterocycles. The van der Waals surface area contributed by atoms with Gasteiger partial charge in [0.2, 0.25) is 0 Å². The van der Waals surface area contributed by atoms with Crippen molar-refractivity contribution in [3.8, 4) is 5.69 Å². The first kappa shape index (κ1) is 21.5. The van der Waals surface area contributed by atoms with Crippen LogP contribution in [0.5, 0.6) is 0 Å². The fourth-order valence-electron chi connectivity index (χ4n) is 3.75. The van der Waals surface area contributed by atoms with Crippen molar-refractivity contribution in [3.05, 3.63) is 82.3 Å². The normalized spacial score (nSPS) is 11.1. The minimum Gasteiger partial charge on any atom is -0.462 e. The molecule has 0 aliphatic heterocycles. The first-order valence-corrected chi connectivity index (χ1v) is 11.3. The topological polar surface area (TPSA) is 44.1 Å². The van der Waals surface area contributed by atoms with Gasteiger partial charge in [-0.2, -0.15) is 0 Å². The van der Waals surface area contributed by atoms with E-state index in [0.29, 0.717) is 17.2 Å². The molecule has 2 aromatic carbocycles. The average Bonchev–Trinajstić information content (AvgIpc) is 3.00. The van der Waals surface area contributed by atoms with Crippen LogP contribution >= 0.6 is 23.4 Å². The molecule has 0 atom stereocenters. The SMILES string of the molecule is CCOC(=O)c1cccc(Sc2c(C)n(-c3cncc(C)c3)c3cc(Cl)ccc23)c1C. The lowest BCUT2D eigenvalue weighted by atomic mass is 10.1. The average molecular weight is 451 g/mol. The molecule has 0 saturated carbocycles. The van der Waals surface area contributed by atoms with Gasteiger partial charge in [-0.3, -0.25) is 4.98 Å². The Morgan fingerprint density at radius 2 is 1.94 bits per heavy atom. The molecule has 0 aliphatic carbocycles. The smallest absolute Gasteiger partial charge is 0.338 e. The van der Waals surface area contributed by atoms with Crippen LogP contribution in [0.2, 0.25) is 5.02 Å². The maximum Gasteiger partial charge on any atom is 0.338 e. The zero-order chi connectivity index (χ0) is 22.1. The molecule has 0 fully saturated rings. The lowest BCUT2D eigenvalue weighted by molar-refractivity contribution is 0.0525. The Labute approximate surface area is 191 Å². The van der Waals surface area contributed by atoms with Crippen molar-refractivity contribution >= 4 is 40.2 Å². The number of nitrogens with zero attached hydrogens (tertiary/aromatic N) is 2. The Morgan fingerprint density at radius 1 is 1.13 bits per heavy atom. The van der Waals surface area contributed by atoms with E-state index in [4.69, 9.17) is 16.3 Å². The fourth-order valence-corrected chi connectivity index (χ4v) is 5.06. The van der Waals surface area contributed by atoms with Crippen LogP contribution in [0.4, 0.5) is 0 Å². The Kier molecular flexibility index (Phi) is 6.08. The third kappa shape index (κ3) is 4.08. The van der Waals surface area contributed by atoms with Gasteiger partial charge in [0.15, 0.2) is 0 Å². The highest BCUT2D eigenvalue weighted by molar-refractivity contribution is 7.99. The molecule has 0 unspecified atom stereocenters. The molecule has 2 aromatic heterocycles. The van der Waals surface area contributed by atoms with Gasteiger partial charge in [-0.15, -0.1) is 0 Å². The van der Waals surface area contributed by atoms with Crippen molar-refractivity contribution in [1.29, 1.82) is 0 Å². The molecule has 6 heteroatoms. The summed E-state index contributed by atoms with van der Waals surface area (Å²) in [4.78, 5) is 18.9. The molecule has 4 rings (SSSR count). The highest BCUT2D eigenvalue weighted by Crippen LogP contribution is 2.42. The largest absolute Gasteiger partial charge is 0.462 e. The van der Waals surface area contributed by atoms with E-state index in [0.717, 1.165) is 43.2 Å². The van der Waals surface area contributed by atoms with E-state index in [1.807, 2.05) is 63.5 Å². The Morgan fingerprint density at radius 3 is 2.68 bits per heavy atom. The van der Waals surface area contributed by atoms with Gasteiger partial charge in [0.05, 0.1) is 29.6 Å². The summed E-state index contributed by atoms with van der Waals surface area (Å²) in [6.07, 6.45) is 3.71.